The van der Waals surface area contributed by atoms with Crippen LogP contribution in [0.5, 0.6) is 0 Å². The third-order valence-electron chi connectivity index (χ3n) is 5.79. The maximum absolute atomic E-state index is 15.4. The number of alkyl halides is 1. The number of hydrogen-bond donors (Lipinski definition) is 4. The summed E-state index contributed by atoms with van der Waals surface area (Å²) < 4.78 is 52.2. The summed E-state index contributed by atoms with van der Waals surface area (Å²) in [5.41, 5.74) is 5.00. The van der Waals surface area contributed by atoms with Crippen LogP contribution in [0.3, 0.4) is 0 Å². The lowest BCUT2D eigenvalue weighted by atomic mass is 9.97. The number of ether oxygens (including phenoxy) is 3. The number of nitrogens with one attached hydrogen (secondary N) is 3. The Kier molecular flexibility index (Phi) is 11.9. The summed E-state index contributed by atoms with van der Waals surface area (Å²) in [5.74, 6) is -0.567. The van der Waals surface area contributed by atoms with Crippen molar-refractivity contribution < 1.29 is 37.6 Å². The summed E-state index contributed by atoms with van der Waals surface area (Å²) in [5, 5.41) is 19.5. The molecule has 1 saturated heterocycles. The Morgan fingerprint density at radius 3 is 2.44 bits per heavy atom. The molecule has 230 valence electrons. The summed E-state index contributed by atoms with van der Waals surface area (Å²) >= 11 is 0. The first-order chi connectivity index (χ1) is 19.0. The number of carbonyl (C=O) groups is 1. The Labute approximate surface area is 235 Å². The van der Waals surface area contributed by atoms with E-state index in [1.54, 1.807) is 34.6 Å². The molecule has 1 aromatic rings. The fourth-order valence-electron chi connectivity index (χ4n) is 3.79. The number of hydrogen-bond acceptors (Lipinski definition) is 10. The maximum atomic E-state index is 15.4. The number of azide groups is 1. The molecule has 3 unspecified atom stereocenters. The molecule has 16 nitrogen and oxygen atoms in total. The zero-order valence-corrected chi connectivity index (χ0v) is 24.5. The summed E-state index contributed by atoms with van der Waals surface area (Å²) in [4.78, 5) is 40.8. The van der Waals surface area contributed by atoms with Gasteiger partial charge in [-0.05, 0) is 47.1 Å². The molecule has 0 spiro atoms. The minimum absolute atomic E-state index is 0.185. The van der Waals surface area contributed by atoms with E-state index in [0.29, 0.717) is 4.57 Å². The van der Waals surface area contributed by atoms with Gasteiger partial charge in [0, 0.05) is 17.2 Å². The van der Waals surface area contributed by atoms with E-state index in [9.17, 15) is 24.1 Å². The Balaban J connectivity index is 2.42. The number of aliphatic hydroxyl groups is 1. The lowest BCUT2D eigenvalue weighted by Crippen LogP contribution is -2.50. The van der Waals surface area contributed by atoms with Crippen molar-refractivity contribution >= 4 is 13.6 Å². The van der Waals surface area contributed by atoms with Gasteiger partial charge in [0.15, 0.2) is 12.4 Å². The molecule has 4 N–H and O–H groups in total. The normalized spacial score (nSPS) is 25.3. The number of aromatic nitrogens is 2. The van der Waals surface area contributed by atoms with Gasteiger partial charge < -0.3 is 23.8 Å². The first-order valence-electron chi connectivity index (χ1n) is 12.7. The number of esters is 1. The lowest BCUT2D eigenvalue weighted by Gasteiger charge is -2.33. The number of H-pyrrole nitrogens is 1. The van der Waals surface area contributed by atoms with Gasteiger partial charge in [-0.3, -0.25) is 23.7 Å². The molecule has 18 heteroatoms. The first-order valence-corrected chi connectivity index (χ1v) is 14.3. The van der Waals surface area contributed by atoms with Crippen LogP contribution >= 0.6 is 7.67 Å². The molecule has 2 rings (SSSR count). The van der Waals surface area contributed by atoms with Gasteiger partial charge in [0.1, 0.15) is 23.5 Å². The van der Waals surface area contributed by atoms with Crippen LogP contribution in [0.25, 0.3) is 10.4 Å². The third-order valence-corrected chi connectivity index (χ3v) is 7.74. The largest absolute Gasteiger partial charge is 0.494 e. The number of halogens is 1. The summed E-state index contributed by atoms with van der Waals surface area (Å²) in [6.45, 7) is 11.9. The minimum atomic E-state index is -4.31. The molecule has 0 radical (unpaired) electrons. The predicted molar refractivity (Wildman–Crippen MR) is 144 cm³/mol. The van der Waals surface area contributed by atoms with E-state index < -0.39 is 80.3 Å². The number of nitrogens with zero attached hydrogens (tertiary/aromatic N) is 4. The Morgan fingerprint density at radius 1 is 1.27 bits per heavy atom. The van der Waals surface area contributed by atoms with Crippen molar-refractivity contribution in [3.8, 4) is 0 Å². The van der Waals surface area contributed by atoms with Gasteiger partial charge in [0.25, 0.3) is 5.56 Å². The van der Waals surface area contributed by atoms with E-state index >= 15 is 4.39 Å². The Bertz CT molecular complexity index is 1260. The molecule has 1 aromatic heterocycles. The predicted octanol–water partition coefficient (Wildman–Crippen LogP) is 1.78. The number of aromatic amines is 1. The maximum Gasteiger partial charge on any atom is 0.342 e. The highest BCUT2D eigenvalue weighted by Crippen LogP contribution is 2.45. The van der Waals surface area contributed by atoms with Crippen LogP contribution in [-0.2, 0) is 28.1 Å². The van der Waals surface area contributed by atoms with Gasteiger partial charge >= 0.3 is 19.3 Å². The van der Waals surface area contributed by atoms with Crippen LogP contribution < -0.4 is 21.4 Å². The molecule has 1 fully saturated rings. The second-order valence-electron chi connectivity index (χ2n) is 10.0. The van der Waals surface area contributed by atoms with E-state index in [2.05, 4.69) is 26.8 Å². The number of carbonyl (C=O) groups excluding carboxylic acids is 1. The third kappa shape index (κ3) is 8.97. The molecule has 0 bridgehead atoms. The van der Waals surface area contributed by atoms with Gasteiger partial charge in [0.2, 0.25) is 0 Å². The van der Waals surface area contributed by atoms with Crippen molar-refractivity contribution in [2.24, 2.45) is 5.11 Å². The van der Waals surface area contributed by atoms with Gasteiger partial charge in [0.05, 0.1) is 31.4 Å². The lowest BCUT2D eigenvalue weighted by molar-refractivity contribution is -0.149. The Hall–Kier alpha value is -3.04. The zero-order valence-electron chi connectivity index (χ0n) is 23.6. The van der Waals surface area contributed by atoms with Crippen molar-refractivity contribution in [1.29, 1.82) is 0 Å². The highest BCUT2D eigenvalue weighted by molar-refractivity contribution is 7.54. The monoisotopic (exact) mass is 605 g/mol. The summed E-state index contributed by atoms with van der Waals surface area (Å²) in [7, 11) is -4.31. The van der Waals surface area contributed by atoms with Crippen LogP contribution in [0.1, 0.15) is 47.8 Å². The van der Waals surface area contributed by atoms with Crippen molar-refractivity contribution in [2.45, 2.75) is 89.9 Å². The zero-order chi connectivity index (χ0) is 31.1. The fourth-order valence-corrected chi connectivity index (χ4v) is 5.69. The van der Waals surface area contributed by atoms with Crippen LogP contribution in [0.15, 0.2) is 39.3 Å². The number of aliphatic hydroxyl groups excluding tert-OH is 1. The highest BCUT2D eigenvalue weighted by Gasteiger charge is 2.57. The SMILES string of the molecule is C=C(OC(C)C)C(C)NP(=O)(NC(C)C(=O)OC(C)C)OC[C@@]1(CN=[N+]=[N-])O[C@@H](n2ccc(=O)[nH]c2=O)[C@H](F)[C@@H]1O. The molecular formula is C23H37FN7O9P. The molecule has 2 heterocycles. The van der Waals surface area contributed by atoms with Crippen LogP contribution in [0.4, 0.5) is 4.39 Å². The molecule has 0 amide bonds. The van der Waals surface area contributed by atoms with E-state index in [1.807, 2.05) is 4.98 Å². The summed E-state index contributed by atoms with van der Waals surface area (Å²) in [6, 6.07) is -1.04. The van der Waals surface area contributed by atoms with Crippen molar-refractivity contribution in [1.82, 2.24) is 19.7 Å². The van der Waals surface area contributed by atoms with Crippen molar-refractivity contribution in [3.05, 3.63) is 55.9 Å². The van der Waals surface area contributed by atoms with E-state index in [4.69, 9.17) is 24.3 Å². The quantitative estimate of drug-likeness (QED) is 0.0564. The van der Waals surface area contributed by atoms with Crippen LogP contribution in [0.2, 0.25) is 0 Å². The van der Waals surface area contributed by atoms with Crippen molar-refractivity contribution in [2.75, 3.05) is 13.2 Å². The second kappa shape index (κ2) is 14.2. The molecular weight excluding hydrogens is 568 g/mol. The van der Waals surface area contributed by atoms with E-state index in [-0.39, 0.29) is 11.9 Å². The summed E-state index contributed by atoms with van der Waals surface area (Å²) in [6.07, 6.45) is -5.86. The van der Waals surface area contributed by atoms with E-state index in [0.717, 1.165) is 12.3 Å². The van der Waals surface area contributed by atoms with Gasteiger partial charge in [-0.1, -0.05) is 11.7 Å². The average molecular weight is 606 g/mol. The van der Waals surface area contributed by atoms with E-state index in [1.165, 1.54) is 6.92 Å². The topological polar surface area (TPSA) is 219 Å². The van der Waals surface area contributed by atoms with Gasteiger partial charge in [-0.25, -0.2) is 19.4 Å². The van der Waals surface area contributed by atoms with Gasteiger partial charge in [-0.2, -0.15) is 0 Å². The average Bonchev–Trinajstić information content (AvgIpc) is 3.11. The number of rotatable bonds is 15. The van der Waals surface area contributed by atoms with Crippen molar-refractivity contribution in [3.63, 3.8) is 0 Å². The van der Waals surface area contributed by atoms with Crippen LogP contribution in [-0.4, -0.2) is 75.9 Å². The molecule has 0 aliphatic carbocycles. The molecule has 1 aliphatic rings. The fraction of sp³-hybridized carbons (Fsp3) is 0.696. The molecule has 7 atom stereocenters. The standard InChI is InChI=1S/C23H37FN7O9P/c1-12(2)38-16(7)14(5)28-41(36,29-15(6)21(34)39-13(3)4)37-11-23(10-26-30-25)19(33)18(24)20(40-23)31-9-8-17(32)27-22(31)35/h8-9,12-15,18-20,33H,7,10-11H2,1-6H3,(H,27,32,35)(H2,28,29,36)/t14?,15?,18-,19+,20-,23-,41?/m1/s1. The highest BCUT2D eigenvalue weighted by atomic mass is 31.2. The Morgan fingerprint density at radius 2 is 1.88 bits per heavy atom. The van der Waals surface area contributed by atoms with Gasteiger partial charge in [-0.15, -0.1) is 0 Å². The first kappa shape index (κ1) is 34.2. The second-order valence-corrected chi connectivity index (χ2v) is 11.9. The molecule has 41 heavy (non-hydrogen) atoms. The minimum Gasteiger partial charge on any atom is -0.494 e. The molecule has 0 saturated carbocycles. The molecule has 0 aromatic carbocycles. The molecule has 1 aliphatic heterocycles. The van der Waals surface area contributed by atoms with Crippen LogP contribution in [0, 0.1) is 0 Å². The smallest absolute Gasteiger partial charge is 0.342 e.